The molecule has 0 unspecified atom stereocenters. The van der Waals surface area contributed by atoms with Crippen LogP contribution in [0.3, 0.4) is 0 Å². The number of alkyl carbamates (subject to hydrolysis) is 1. The topological polar surface area (TPSA) is 143 Å². The number of hydrogen-bond donors (Lipinski definition) is 3. The molecule has 1 saturated heterocycles. The third kappa shape index (κ3) is 12.5. The van der Waals surface area contributed by atoms with Gasteiger partial charge >= 0.3 is 22.5 Å². The highest BCUT2D eigenvalue weighted by atomic mass is 32.2. The van der Waals surface area contributed by atoms with Crippen LogP contribution < -0.4 is 5.32 Å². The average molecular weight is 781 g/mol. The maximum Gasteiger partial charge on any atom is 0.426 e. The second kappa shape index (κ2) is 18.4. The summed E-state index contributed by atoms with van der Waals surface area (Å²) in [5, 5.41) is 5.52. The molecule has 2 aromatic heterocycles. The van der Waals surface area contributed by atoms with Gasteiger partial charge in [-0.05, 0) is 101 Å². The Hall–Kier alpha value is -5.59. The van der Waals surface area contributed by atoms with Gasteiger partial charge in [-0.1, -0.05) is 97.1 Å². The highest BCUT2D eigenvalue weighted by Crippen LogP contribution is 2.25. The summed E-state index contributed by atoms with van der Waals surface area (Å²) in [6, 6.07) is 37.4. The van der Waals surface area contributed by atoms with Gasteiger partial charge in [0.05, 0.1) is 12.6 Å². The zero-order valence-electron chi connectivity index (χ0n) is 32.8. The second-order valence-corrected chi connectivity index (χ2v) is 17.0. The van der Waals surface area contributed by atoms with Gasteiger partial charge in [0.25, 0.3) is 0 Å². The first-order valence-corrected chi connectivity index (χ1v) is 20.0. The minimum atomic E-state index is -4.07. The number of ether oxygens (including phenoxy) is 2. The summed E-state index contributed by atoms with van der Waals surface area (Å²) in [4.78, 5) is 30.9. The molecule has 2 atom stereocenters. The molecule has 2 amide bonds. The maximum atomic E-state index is 12.3. The van der Waals surface area contributed by atoms with E-state index in [4.69, 9.17) is 13.7 Å². The fourth-order valence-corrected chi connectivity index (χ4v) is 7.32. The number of hydrogen-bond acceptors (Lipinski definition) is 7. The largest absolute Gasteiger partial charge is 0.444 e. The molecule has 7 rings (SSSR count). The molecule has 1 aliphatic rings. The molecule has 1 fully saturated rings. The van der Waals surface area contributed by atoms with E-state index in [1.54, 1.807) is 20.8 Å². The molecule has 0 aliphatic carbocycles. The summed E-state index contributed by atoms with van der Waals surface area (Å²) in [6.45, 7) is 10.6. The number of benzene rings is 4. The monoisotopic (exact) mass is 780 g/mol. The highest BCUT2D eigenvalue weighted by Gasteiger charge is 2.44. The molecule has 296 valence electrons. The molecule has 0 radical (unpaired) electrons. The van der Waals surface area contributed by atoms with Crippen LogP contribution in [0.2, 0.25) is 0 Å². The minimum Gasteiger partial charge on any atom is -0.444 e. The number of para-hydroxylation sites is 2. The summed E-state index contributed by atoms with van der Waals surface area (Å²) < 4.78 is 39.9. The first-order valence-electron chi connectivity index (χ1n) is 18.6. The van der Waals surface area contributed by atoms with Gasteiger partial charge in [0, 0.05) is 34.9 Å². The number of amides is 2. The molecule has 0 saturated carbocycles. The third-order valence-corrected chi connectivity index (χ3v) is 9.88. The van der Waals surface area contributed by atoms with Crippen LogP contribution in [0.25, 0.3) is 21.8 Å². The van der Waals surface area contributed by atoms with Gasteiger partial charge in [0.2, 0.25) is 0 Å². The van der Waals surface area contributed by atoms with Gasteiger partial charge in [-0.2, -0.15) is 12.7 Å². The van der Waals surface area contributed by atoms with Crippen molar-refractivity contribution in [3.8, 4) is 0 Å². The van der Waals surface area contributed by atoms with Crippen LogP contribution in [0, 0.1) is 0 Å². The van der Waals surface area contributed by atoms with Crippen LogP contribution in [0.5, 0.6) is 0 Å². The van der Waals surface area contributed by atoms with Crippen LogP contribution in [0.4, 0.5) is 9.59 Å². The van der Waals surface area contributed by atoms with Gasteiger partial charge in [0.1, 0.15) is 11.2 Å². The van der Waals surface area contributed by atoms with E-state index < -0.39 is 33.6 Å². The Morgan fingerprint density at radius 1 is 0.750 bits per heavy atom. The van der Waals surface area contributed by atoms with Gasteiger partial charge < -0.3 is 24.8 Å². The summed E-state index contributed by atoms with van der Waals surface area (Å²) in [7, 11) is -4.07. The van der Waals surface area contributed by atoms with Gasteiger partial charge in [-0.3, -0.25) is 4.18 Å². The number of rotatable bonds is 7. The first-order chi connectivity index (χ1) is 26.6. The lowest BCUT2D eigenvalue weighted by atomic mass is 9.99. The Kier molecular flexibility index (Phi) is 13.6. The lowest BCUT2D eigenvalue weighted by Gasteiger charge is -2.25. The van der Waals surface area contributed by atoms with Gasteiger partial charge in [-0.15, -0.1) is 0 Å². The molecule has 3 N–H and O–H groups in total. The normalized spacial score (nSPS) is 15.5. The van der Waals surface area contributed by atoms with E-state index in [1.165, 1.54) is 27.4 Å². The summed E-state index contributed by atoms with van der Waals surface area (Å²) in [5.74, 6) is 0. The van der Waals surface area contributed by atoms with E-state index in [0.29, 0.717) is 10.7 Å². The number of nitrogens with zero attached hydrogens (tertiary/aromatic N) is 1. The zero-order chi connectivity index (χ0) is 40.3. The van der Waals surface area contributed by atoms with Gasteiger partial charge in [0.15, 0.2) is 0 Å². The molecule has 56 heavy (non-hydrogen) atoms. The number of H-pyrrole nitrogens is 2. The molecular formula is C44H52N4O7S. The van der Waals surface area contributed by atoms with Crippen molar-refractivity contribution < 1.29 is 31.7 Å². The Bertz CT molecular complexity index is 2240. The predicted octanol–water partition coefficient (Wildman–Crippen LogP) is 9.12. The van der Waals surface area contributed by atoms with E-state index in [0.717, 1.165) is 23.9 Å². The van der Waals surface area contributed by atoms with E-state index in [9.17, 15) is 18.0 Å². The number of nitrogens with one attached hydrogen (secondary N) is 3. The van der Waals surface area contributed by atoms with Crippen molar-refractivity contribution in [1.29, 1.82) is 0 Å². The van der Waals surface area contributed by atoms with Crippen LogP contribution in [-0.4, -0.2) is 64.8 Å². The molecule has 0 bridgehead atoms. The number of carbonyl (C=O) groups is 2. The van der Waals surface area contributed by atoms with Crippen LogP contribution in [0.15, 0.2) is 128 Å². The standard InChI is InChI=1S/C22H26N2O2.C14H19NO5S.C8H7N/c1-22(2,3)26-21(25)24-18(13-16-9-5-4-6-10-16)14-17-15-23-20-12-8-7-11-19(17)20;1-14(2,3)20-13(16)15-12(10-19-21(15,17)18)9-11-7-5-4-6-8-11;1-2-4-8-7(3-1)5-6-9-8/h4-12,15,18,23H,13-14H2,1-3H3,(H,24,25);4-8,12H,9-10H2,1-3H3;1-6,9H/t18-;12-;/m11./s1. The molecule has 6 aromatic rings. The van der Waals surface area contributed by atoms with E-state index >= 15 is 0 Å². The smallest absolute Gasteiger partial charge is 0.426 e. The summed E-state index contributed by atoms with van der Waals surface area (Å²) >= 11 is 0. The molecule has 1 aliphatic heterocycles. The lowest BCUT2D eigenvalue weighted by Crippen LogP contribution is -2.43. The Morgan fingerprint density at radius 2 is 1.34 bits per heavy atom. The SMILES string of the molecule is CC(C)(C)OC(=O)N1[C@H](Cc2ccccc2)COS1(=O)=O.CC(C)(C)OC(=O)N[C@H](Cc1ccccc1)Cc1c[nH]c2ccccc12.c1ccc2[nH]ccc2c1. The van der Waals surface area contributed by atoms with E-state index in [1.807, 2.05) is 106 Å². The molecule has 12 heteroatoms. The van der Waals surface area contributed by atoms with Crippen molar-refractivity contribution in [3.05, 3.63) is 144 Å². The highest BCUT2D eigenvalue weighted by molar-refractivity contribution is 7.85. The summed E-state index contributed by atoms with van der Waals surface area (Å²) in [6.07, 6.45) is 4.57. The van der Waals surface area contributed by atoms with Crippen molar-refractivity contribution in [1.82, 2.24) is 19.6 Å². The third-order valence-electron chi connectivity index (χ3n) is 8.52. The predicted molar refractivity (Wildman–Crippen MR) is 220 cm³/mol. The minimum absolute atomic E-state index is 0.0496. The fraction of sp³-hybridized carbons (Fsp3) is 0.318. The molecule has 11 nitrogen and oxygen atoms in total. The first kappa shape index (κ1) is 41.6. The van der Waals surface area contributed by atoms with Crippen molar-refractivity contribution in [2.24, 2.45) is 0 Å². The lowest BCUT2D eigenvalue weighted by molar-refractivity contribution is 0.0356. The number of aromatic amines is 2. The van der Waals surface area contributed by atoms with Crippen LogP contribution in [-0.2, 0) is 43.2 Å². The molecule has 0 spiro atoms. The van der Waals surface area contributed by atoms with Gasteiger partial charge in [-0.25, -0.2) is 9.59 Å². The Balaban J connectivity index is 0.000000177. The van der Waals surface area contributed by atoms with Crippen molar-refractivity contribution in [2.75, 3.05) is 6.61 Å². The number of aromatic nitrogens is 2. The Labute approximate surface area is 329 Å². The molecule has 3 heterocycles. The van der Waals surface area contributed by atoms with E-state index in [-0.39, 0.29) is 18.7 Å². The molecule has 4 aromatic carbocycles. The quantitative estimate of drug-likeness (QED) is 0.147. The van der Waals surface area contributed by atoms with Crippen LogP contribution in [0.1, 0.15) is 58.2 Å². The Morgan fingerprint density at radius 3 is 1.98 bits per heavy atom. The number of fused-ring (bicyclic) bond motifs is 2. The summed E-state index contributed by atoms with van der Waals surface area (Å²) in [5.41, 5.74) is 4.34. The van der Waals surface area contributed by atoms with Crippen molar-refractivity contribution >= 4 is 44.3 Å². The van der Waals surface area contributed by atoms with Crippen molar-refractivity contribution in [2.45, 2.75) is 84.1 Å². The second-order valence-electron chi connectivity index (χ2n) is 15.5. The van der Waals surface area contributed by atoms with Crippen LogP contribution >= 0.6 is 0 Å². The maximum absolute atomic E-state index is 12.3. The van der Waals surface area contributed by atoms with E-state index in [2.05, 4.69) is 57.7 Å². The average Bonchev–Trinajstić information content (AvgIpc) is 3.85. The molecular weight excluding hydrogens is 729 g/mol. The number of carbonyl (C=O) groups excluding carboxylic acids is 2. The fourth-order valence-electron chi connectivity index (χ4n) is 6.15. The zero-order valence-corrected chi connectivity index (χ0v) is 33.6. The van der Waals surface area contributed by atoms with Crippen molar-refractivity contribution in [3.63, 3.8) is 0 Å².